The molecular formula is C13H11NO3. The number of hydrogen-bond donors (Lipinski definition) is 2. The van der Waals surface area contributed by atoms with Crippen LogP contribution in [0.25, 0.3) is 11.0 Å². The van der Waals surface area contributed by atoms with Gasteiger partial charge in [0.05, 0.1) is 0 Å². The lowest BCUT2D eigenvalue weighted by Gasteiger charge is -1.90. The first kappa shape index (κ1) is 11.2. The molecule has 2 aromatic rings. The van der Waals surface area contributed by atoms with Gasteiger partial charge >= 0.3 is 5.97 Å². The van der Waals surface area contributed by atoms with E-state index in [0.29, 0.717) is 18.5 Å². The van der Waals surface area contributed by atoms with Crippen LogP contribution in [0.15, 0.2) is 28.7 Å². The molecule has 0 saturated carbocycles. The third-order valence-corrected chi connectivity index (χ3v) is 2.23. The molecule has 0 aliphatic rings. The number of hydrogen-bond acceptors (Lipinski definition) is 3. The smallest absolute Gasteiger partial charge is 0.371 e. The number of fused-ring (bicyclic) bond motifs is 1. The Bertz CT molecular complexity index is 616. The van der Waals surface area contributed by atoms with E-state index in [1.54, 1.807) is 18.2 Å². The summed E-state index contributed by atoms with van der Waals surface area (Å²) >= 11 is 0. The lowest BCUT2D eigenvalue weighted by molar-refractivity contribution is 0.0665. The van der Waals surface area contributed by atoms with Crippen LogP contribution in [0.3, 0.4) is 0 Å². The van der Waals surface area contributed by atoms with Crippen molar-refractivity contribution in [1.29, 1.82) is 0 Å². The second kappa shape index (κ2) is 4.73. The average Bonchev–Trinajstić information content (AvgIpc) is 2.72. The molecule has 1 heterocycles. The van der Waals surface area contributed by atoms with Crippen LogP contribution in [0.1, 0.15) is 22.5 Å². The minimum Gasteiger partial charge on any atom is -0.475 e. The molecule has 1 aromatic heterocycles. The number of furan rings is 1. The maximum Gasteiger partial charge on any atom is 0.371 e. The minimum atomic E-state index is -1.07. The van der Waals surface area contributed by atoms with Crippen molar-refractivity contribution in [2.75, 3.05) is 6.54 Å². The predicted octanol–water partition coefficient (Wildman–Crippen LogP) is 1.83. The van der Waals surface area contributed by atoms with Crippen molar-refractivity contribution in [3.05, 3.63) is 35.6 Å². The lowest BCUT2D eigenvalue weighted by Crippen LogP contribution is -1.95. The Labute approximate surface area is 98.0 Å². The maximum absolute atomic E-state index is 10.7. The minimum absolute atomic E-state index is 0.0629. The molecule has 0 saturated heterocycles. The van der Waals surface area contributed by atoms with Gasteiger partial charge in [0.1, 0.15) is 5.58 Å². The van der Waals surface area contributed by atoms with E-state index in [-0.39, 0.29) is 5.76 Å². The number of rotatable bonds is 2. The fourth-order valence-electron chi connectivity index (χ4n) is 1.46. The molecular weight excluding hydrogens is 218 g/mol. The molecule has 0 aliphatic heterocycles. The van der Waals surface area contributed by atoms with Crippen LogP contribution in [-0.4, -0.2) is 17.6 Å². The fourth-order valence-corrected chi connectivity index (χ4v) is 1.46. The molecule has 0 amide bonds. The van der Waals surface area contributed by atoms with Gasteiger partial charge in [0.15, 0.2) is 0 Å². The summed E-state index contributed by atoms with van der Waals surface area (Å²) in [5.41, 5.74) is 6.71. The number of carboxylic acids is 1. The Hall–Kier alpha value is -2.25. The number of carbonyl (C=O) groups is 1. The summed E-state index contributed by atoms with van der Waals surface area (Å²) in [6.07, 6.45) is 0.643. The number of nitrogens with two attached hydrogens (primary N) is 1. The van der Waals surface area contributed by atoms with Gasteiger partial charge in [-0.1, -0.05) is 11.8 Å². The molecule has 4 nitrogen and oxygen atoms in total. The van der Waals surface area contributed by atoms with Gasteiger partial charge in [0.2, 0.25) is 5.76 Å². The van der Waals surface area contributed by atoms with Gasteiger partial charge in [0, 0.05) is 23.9 Å². The lowest BCUT2D eigenvalue weighted by atomic mass is 10.1. The maximum atomic E-state index is 10.7. The van der Waals surface area contributed by atoms with E-state index in [0.717, 1.165) is 10.9 Å². The molecule has 0 atom stereocenters. The standard InChI is InChI=1S/C13H11NO3/c14-6-2-1-3-9-4-5-11-10(7-9)8-12(17-11)13(15)16/h4-5,7-8H,2,6,14H2,(H,15,16). The van der Waals surface area contributed by atoms with Gasteiger partial charge in [-0.25, -0.2) is 4.79 Å². The predicted molar refractivity (Wildman–Crippen MR) is 63.7 cm³/mol. The van der Waals surface area contributed by atoms with Crippen LogP contribution in [0.5, 0.6) is 0 Å². The molecule has 0 bridgehead atoms. The van der Waals surface area contributed by atoms with Crippen molar-refractivity contribution < 1.29 is 14.3 Å². The summed E-state index contributed by atoms with van der Waals surface area (Å²) in [6, 6.07) is 6.80. The molecule has 0 aliphatic carbocycles. The molecule has 1 aromatic carbocycles. The average molecular weight is 229 g/mol. The van der Waals surface area contributed by atoms with E-state index in [1.165, 1.54) is 6.07 Å². The van der Waals surface area contributed by atoms with Crippen LogP contribution in [0.2, 0.25) is 0 Å². The second-order valence-electron chi connectivity index (χ2n) is 3.51. The molecule has 86 valence electrons. The molecule has 0 unspecified atom stereocenters. The molecule has 4 heteroatoms. The van der Waals surface area contributed by atoms with Crippen molar-refractivity contribution in [2.24, 2.45) is 5.73 Å². The van der Waals surface area contributed by atoms with Crippen LogP contribution in [-0.2, 0) is 0 Å². The summed E-state index contributed by atoms with van der Waals surface area (Å²) in [7, 11) is 0. The zero-order valence-electron chi connectivity index (χ0n) is 9.06. The van der Waals surface area contributed by atoms with E-state index in [2.05, 4.69) is 11.8 Å². The number of carboxylic acid groups (broad SMARTS) is 1. The third-order valence-electron chi connectivity index (χ3n) is 2.23. The van der Waals surface area contributed by atoms with Crippen molar-refractivity contribution >= 4 is 16.9 Å². The van der Waals surface area contributed by atoms with E-state index in [1.807, 2.05) is 0 Å². The SMILES string of the molecule is NCCC#Cc1ccc2oc(C(=O)O)cc2c1. The Balaban J connectivity index is 2.37. The molecule has 0 spiro atoms. The number of benzene rings is 1. The van der Waals surface area contributed by atoms with Crippen molar-refractivity contribution in [1.82, 2.24) is 0 Å². The second-order valence-corrected chi connectivity index (χ2v) is 3.51. The first-order valence-corrected chi connectivity index (χ1v) is 5.16. The van der Waals surface area contributed by atoms with Crippen LogP contribution in [0, 0.1) is 11.8 Å². The Morgan fingerprint density at radius 2 is 2.24 bits per heavy atom. The molecule has 17 heavy (non-hydrogen) atoms. The zero-order chi connectivity index (χ0) is 12.3. The summed E-state index contributed by atoms with van der Waals surface area (Å²) < 4.78 is 5.14. The monoisotopic (exact) mass is 229 g/mol. The Morgan fingerprint density at radius 1 is 1.41 bits per heavy atom. The highest BCUT2D eigenvalue weighted by Gasteiger charge is 2.09. The highest BCUT2D eigenvalue weighted by Crippen LogP contribution is 2.20. The quantitative estimate of drug-likeness (QED) is 0.770. The highest BCUT2D eigenvalue weighted by atomic mass is 16.4. The number of aromatic carboxylic acids is 1. The Kier molecular flexibility index (Phi) is 3.12. The summed E-state index contributed by atoms with van der Waals surface area (Å²) in [5, 5.41) is 9.53. The fraction of sp³-hybridized carbons (Fsp3) is 0.154. The van der Waals surface area contributed by atoms with Crippen molar-refractivity contribution in [3.8, 4) is 11.8 Å². The van der Waals surface area contributed by atoms with Gasteiger partial charge in [-0.2, -0.15) is 0 Å². The van der Waals surface area contributed by atoms with Gasteiger partial charge in [0.25, 0.3) is 0 Å². The molecule has 3 N–H and O–H groups in total. The van der Waals surface area contributed by atoms with E-state index in [4.69, 9.17) is 15.3 Å². The summed E-state index contributed by atoms with van der Waals surface area (Å²) in [5.74, 6) is 4.75. The van der Waals surface area contributed by atoms with Crippen LogP contribution >= 0.6 is 0 Å². The summed E-state index contributed by atoms with van der Waals surface area (Å²) in [4.78, 5) is 10.7. The van der Waals surface area contributed by atoms with E-state index in [9.17, 15) is 4.79 Å². The zero-order valence-corrected chi connectivity index (χ0v) is 9.06. The largest absolute Gasteiger partial charge is 0.475 e. The first-order valence-electron chi connectivity index (χ1n) is 5.16. The van der Waals surface area contributed by atoms with Gasteiger partial charge < -0.3 is 15.3 Å². The molecule has 0 fully saturated rings. The topological polar surface area (TPSA) is 76.5 Å². The van der Waals surface area contributed by atoms with E-state index < -0.39 is 5.97 Å². The van der Waals surface area contributed by atoms with Crippen LogP contribution < -0.4 is 5.73 Å². The molecule has 0 radical (unpaired) electrons. The van der Waals surface area contributed by atoms with Gasteiger partial charge in [-0.05, 0) is 24.3 Å². The first-order chi connectivity index (χ1) is 8.20. The van der Waals surface area contributed by atoms with E-state index >= 15 is 0 Å². The van der Waals surface area contributed by atoms with Crippen molar-refractivity contribution in [3.63, 3.8) is 0 Å². The van der Waals surface area contributed by atoms with Crippen LogP contribution in [0.4, 0.5) is 0 Å². The van der Waals surface area contributed by atoms with Crippen molar-refractivity contribution in [2.45, 2.75) is 6.42 Å². The molecule has 2 rings (SSSR count). The Morgan fingerprint density at radius 3 is 2.94 bits per heavy atom. The normalized spacial score (nSPS) is 9.94. The van der Waals surface area contributed by atoms with Gasteiger partial charge in [-0.15, -0.1) is 0 Å². The highest BCUT2D eigenvalue weighted by molar-refractivity contribution is 5.91. The third kappa shape index (κ3) is 2.47. The van der Waals surface area contributed by atoms with Gasteiger partial charge in [-0.3, -0.25) is 0 Å². The summed E-state index contributed by atoms with van der Waals surface area (Å²) in [6.45, 7) is 0.532.